The van der Waals surface area contributed by atoms with Gasteiger partial charge in [-0.2, -0.15) is 0 Å². The van der Waals surface area contributed by atoms with Gasteiger partial charge in [0.2, 0.25) is 11.8 Å². The zero-order chi connectivity index (χ0) is 38.9. The maximum Gasteiger partial charge on any atom is 0.330 e. The molecule has 5 heterocycles. The minimum absolute atomic E-state index is 0.00954. The first kappa shape index (κ1) is 40.1. The summed E-state index contributed by atoms with van der Waals surface area (Å²) in [7, 11) is 0. The van der Waals surface area contributed by atoms with Gasteiger partial charge in [-0.3, -0.25) is 34.2 Å². The lowest BCUT2D eigenvalue weighted by Crippen LogP contribution is -2.59. The number of piperazine rings is 2. The highest BCUT2D eigenvalue weighted by atomic mass is 79.9. The summed E-state index contributed by atoms with van der Waals surface area (Å²) in [6.45, 7) is 6.79. The Morgan fingerprint density at radius 2 is 1.55 bits per heavy atom. The van der Waals surface area contributed by atoms with Gasteiger partial charge in [0, 0.05) is 79.7 Å². The van der Waals surface area contributed by atoms with Crippen LogP contribution in [0.1, 0.15) is 53.4 Å². The molecular weight excluding hydrogens is 786 g/mol. The number of pyridine rings is 3. The summed E-state index contributed by atoms with van der Waals surface area (Å²) in [5.74, 6) is -0.478. The maximum atomic E-state index is 13.3. The zero-order valence-corrected chi connectivity index (χ0v) is 33.3. The van der Waals surface area contributed by atoms with E-state index in [1.807, 2.05) is 42.6 Å². The number of carbonyl (C=O) groups is 4. The van der Waals surface area contributed by atoms with Crippen LogP contribution in [0.5, 0.6) is 0 Å². The number of Topliss-reactive ketones (excluding diaryl/α,β-unsaturated/α-hetero) is 1. The summed E-state index contributed by atoms with van der Waals surface area (Å²) in [5, 5.41) is 3.84. The van der Waals surface area contributed by atoms with Gasteiger partial charge in [-0.25, -0.2) is 4.79 Å². The summed E-state index contributed by atoms with van der Waals surface area (Å²) in [5.41, 5.74) is 6.14. The van der Waals surface area contributed by atoms with E-state index >= 15 is 0 Å². The zero-order valence-electron chi connectivity index (χ0n) is 31.0. The number of hydrogen-bond acceptors (Lipinski definition) is 10. The molecule has 3 unspecified atom stereocenters. The van der Waals surface area contributed by atoms with Crippen LogP contribution in [-0.4, -0.2) is 111 Å². The molecule has 0 radical (unpaired) electrons. The molecular formula is C41H45BrClN7O5. The number of aromatic nitrogens is 3. The van der Waals surface area contributed by atoms with Gasteiger partial charge in [0.15, 0.2) is 5.78 Å². The first-order valence-electron chi connectivity index (χ1n) is 18.5. The first-order chi connectivity index (χ1) is 26.6. The van der Waals surface area contributed by atoms with E-state index < -0.39 is 6.04 Å². The molecule has 1 aromatic carbocycles. The lowest BCUT2D eigenvalue weighted by molar-refractivity contribution is -0.158. The minimum Gasteiger partial charge on any atom is -0.464 e. The van der Waals surface area contributed by atoms with E-state index in [0.29, 0.717) is 44.2 Å². The van der Waals surface area contributed by atoms with Gasteiger partial charge in [-0.15, -0.1) is 0 Å². The summed E-state index contributed by atoms with van der Waals surface area (Å²) in [4.78, 5) is 68.7. The topological polar surface area (TPSA) is 138 Å². The minimum atomic E-state index is -0.712. The molecule has 2 fully saturated rings. The fourth-order valence-electron chi connectivity index (χ4n) is 7.48. The second kappa shape index (κ2) is 18.9. The van der Waals surface area contributed by atoms with Gasteiger partial charge in [-0.1, -0.05) is 29.8 Å². The van der Waals surface area contributed by atoms with Crippen LogP contribution in [0, 0.1) is 0 Å². The SMILES string of the molecule is CC(=O)C1CNCCN1C(=O)Cc1cccnc1.CCOC(=O)C1CN(C2c3ccc(Cl)cc3CCc3cc(Br)cnc32)CCN1C(=O)Cc1cccnc1. The second-order valence-electron chi connectivity index (χ2n) is 13.8. The van der Waals surface area contributed by atoms with Gasteiger partial charge in [0.25, 0.3) is 0 Å². The van der Waals surface area contributed by atoms with Crippen molar-refractivity contribution in [1.29, 1.82) is 0 Å². The molecule has 12 nitrogen and oxygen atoms in total. The van der Waals surface area contributed by atoms with E-state index in [1.165, 1.54) is 12.5 Å². The number of amides is 2. The Morgan fingerprint density at radius 3 is 2.18 bits per heavy atom. The number of aryl methyl sites for hydroxylation is 2. The van der Waals surface area contributed by atoms with E-state index in [0.717, 1.165) is 51.8 Å². The van der Waals surface area contributed by atoms with E-state index in [9.17, 15) is 19.2 Å². The Morgan fingerprint density at radius 1 is 0.873 bits per heavy atom. The molecule has 0 saturated carbocycles. The summed E-state index contributed by atoms with van der Waals surface area (Å²) in [6, 6.07) is 14.3. The number of hydrogen-bond donors (Lipinski definition) is 1. The number of esters is 1. The van der Waals surface area contributed by atoms with Crippen LogP contribution in [0.4, 0.5) is 0 Å². The van der Waals surface area contributed by atoms with Crippen molar-refractivity contribution in [2.45, 2.75) is 57.7 Å². The average molecular weight is 831 g/mol. The monoisotopic (exact) mass is 829 g/mol. The van der Waals surface area contributed by atoms with Crippen molar-refractivity contribution >= 4 is 51.1 Å². The van der Waals surface area contributed by atoms with Crippen molar-refractivity contribution in [1.82, 2.24) is 35.0 Å². The van der Waals surface area contributed by atoms with E-state index in [4.69, 9.17) is 21.3 Å². The van der Waals surface area contributed by atoms with E-state index in [2.05, 4.69) is 48.2 Å². The molecule has 0 spiro atoms. The van der Waals surface area contributed by atoms with Crippen LogP contribution >= 0.6 is 27.5 Å². The van der Waals surface area contributed by atoms with Gasteiger partial charge in [0.05, 0.1) is 31.2 Å². The third kappa shape index (κ3) is 10.0. The van der Waals surface area contributed by atoms with Crippen LogP contribution in [0.3, 0.4) is 0 Å². The molecule has 2 amide bonds. The predicted molar refractivity (Wildman–Crippen MR) is 211 cm³/mol. The lowest BCUT2D eigenvalue weighted by Gasteiger charge is -2.43. The smallest absolute Gasteiger partial charge is 0.330 e. The Kier molecular flexibility index (Phi) is 13.8. The Hall–Kier alpha value is -4.56. The molecule has 3 aliphatic rings. The molecule has 2 saturated heterocycles. The van der Waals surface area contributed by atoms with Crippen molar-refractivity contribution in [3.8, 4) is 0 Å². The molecule has 7 rings (SSSR count). The molecule has 3 atom stereocenters. The summed E-state index contributed by atoms with van der Waals surface area (Å²) in [6.07, 6.45) is 10.7. The number of nitrogens with zero attached hydrogens (tertiary/aromatic N) is 6. The number of nitrogens with one attached hydrogen (secondary N) is 1. The van der Waals surface area contributed by atoms with Crippen molar-refractivity contribution in [2.24, 2.45) is 0 Å². The second-order valence-corrected chi connectivity index (χ2v) is 15.1. The van der Waals surface area contributed by atoms with Crippen LogP contribution in [-0.2, 0) is 49.6 Å². The van der Waals surface area contributed by atoms with Crippen LogP contribution in [0.25, 0.3) is 0 Å². The molecule has 2 aliphatic heterocycles. The molecule has 288 valence electrons. The lowest BCUT2D eigenvalue weighted by atomic mass is 9.95. The molecule has 14 heteroatoms. The summed E-state index contributed by atoms with van der Waals surface area (Å²) >= 11 is 9.94. The molecule has 1 N–H and O–H groups in total. The van der Waals surface area contributed by atoms with Crippen LogP contribution in [0.2, 0.25) is 5.02 Å². The average Bonchev–Trinajstić information content (AvgIpc) is 3.35. The van der Waals surface area contributed by atoms with Crippen molar-refractivity contribution in [3.05, 3.63) is 123 Å². The predicted octanol–water partition coefficient (Wildman–Crippen LogP) is 4.41. The van der Waals surface area contributed by atoms with Gasteiger partial charge in [-0.05, 0) is 101 Å². The molecule has 3 aromatic heterocycles. The number of carbonyl (C=O) groups excluding carboxylic acids is 4. The third-order valence-electron chi connectivity index (χ3n) is 10.1. The maximum absolute atomic E-state index is 13.3. The number of fused-ring (bicyclic) bond motifs is 2. The molecule has 4 aromatic rings. The fraction of sp³-hybridized carbons (Fsp3) is 0.390. The number of benzene rings is 1. The quantitative estimate of drug-likeness (QED) is 0.255. The molecule has 55 heavy (non-hydrogen) atoms. The highest BCUT2D eigenvalue weighted by Crippen LogP contribution is 2.38. The van der Waals surface area contributed by atoms with Crippen LogP contribution < -0.4 is 5.32 Å². The highest BCUT2D eigenvalue weighted by Gasteiger charge is 2.41. The number of rotatable bonds is 8. The molecule has 1 aliphatic carbocycles. The third-order valence-corrected chi connectivity index (χ3v) is 10.8. The van der Waals surface area contributed by atoms with Crippen molar-refractivity contribution in [3.63, 3.8) is 0 Å². The van der Waals surface area contributed by atoms with E-state index in [1.54, 1.807) is 41.5 Å². The van der Waals surface area contributed by atoms with Gasteiger partial charge < -0.3 is 19.9 Å². The van der Waals surface area contributed by atoms with E-state index in [-0.39, 0.29) is 48.7 Å². The normalized spacial score (nSPS) is 19.5. The van der Waals surface area contributed by atoms with Crippen molar-refractivity contribution in [2.75, 3.05) is 45.9 Å². The Bertz CT molecular complexity index is 1940. The standard InChI is InChI=1S/C28H28BrClN4O3.C13H17N3O2/c1-2-37-28(36)24-17-33(10-11-34(24)25(35)12-18-4-3-9-31-15-18)27-23-8-7-22(30)14-19(23)5-6-20-13-21(29)16-32-26(20)27;1-10(17)12-9-15-5-6-16(12)13(18)7-11-3-2-4-14-8-11/h3-4,7-9,13-16,24,27H,2,5-6,10-12,17H2,1H3;2-4,8,12,15H,5-7,9H2,1H3. The Balaban J connectivity index is 0.000000239. The van der Waals surface area contributed by atoms with Gasteiger partial charge >= 0.3 is 5.97 Å². The molecule has 0 bridgehead atoms. The number of ether oxygens (including phenoxy) is 1. The highest BCUT2D eigenvalue weighted by molar-refractivity contribution is 9.10. The van der Waals surface area contributed by atoms with Crippen LogP contribution in [0.15, 0.2) is 84.0 Å². The first-order valence-corrected chi connectivity index (χ1v) is 19.7. The number of ketones is 1. The fourth-order valence-corrected chi connectivity index (χ4v) is 8.06. The van der Waals surface area contributed by atoms with Gasteiger partial charge in [0.1, 0.15) is 12.1 Å². The van der Waals surface area contributed by atoms with Crippen molar-refractivity contribution < 1.29 is 23.9 Å². The Labute approximate surface area is 334 Å². The number of halogens is 2. The largest absolute Gasteiger partial charge is 0.464 e. The summed E-state index contributed by atoms with van der Waals surface area (Å²) < 4.78 is 6.37.